The Morgan fingerprint density at radius 1 is 1.20 bits per heavy atom. The van der Waals surface area contributed by atoms with Crippen LogP contribution < -0.4 is 4.74 Å². The Balaban J connectivity index is 1.88. The summed E-state index contributed by atoms with van der Waals surface area (Å²) in [5.74, 6) is 0.801. The molecular weight excluding hydrogens is 340 g/mol. The number of hydrogen-bond acceptors (Lipinski definition) is 2. The van der Waals surface area contributed by atoms with Crippen LogP contribution >= 0.6 is 27.5 Å². The summed E-state index contributed by atoms with van der Waals surface area (Å²) in [6.07, 6.45) is 1.81. The number of aliphatic hydroxyl groups is 1. The summed E-state index contributed by atoms with van der Waals surface area (Å²) in [5.41, 5.74) is 1.47. The van der Waals surface area contributed by atoms with Crippen molar-refractivity contribution in [3.8, 4) is 5.75 Å². The van der Waals surface area contributed by atoms with Crippen LogP contribution in [0.4, 0.5) is 0 Å². The highest BCUT2D eigenvalue weighted by Crippen LogP contribution is 2.33. The Kier molecular flexibility index (Phi) is 4.01. The highest BCUT2D eigenvalue weighted by molar-refractivity contribution is 9.10. The molecule has 0 saturated heterocycles. The van der Waals surface area contributed by atoms with Gasteiger partial charge in [0.15, 0.2) is 0 Å². The summed E-state index contributed by atoms with van der Waals surface area (Å²) in [6, 6.07) is 13.0. The standard InChI is InChI=1S/C16H14BrClO2/c17-11-4-7-15(18)14(9-11)16(19)10-2-1-3-13(8-10)20-12-5-6-12/h1-4,7-9,12,16,19H,5-6H2. The van der Waals surface area contributed by atoms with Crippen molar-refractivity contribution in [3.63, 3.8) is 0 Å². The van der Waals surface area contributed by atoms with Crippen molar-refractivity contribution in [2.24, 2.45) is 0 Å². The number of rotatable bonds is 4. The molecule has 0 amide bonds. The molecular formula is C16H14BrClO2. The Morgan fingerprint density at radius 3 is 2.75 bits per heavy atom. The third-order valence-electron chi connectivity index (χ3n) is 3.25. The molecule has 2 aromatic rings. The van der Waals surface area contributed by atoms with E-state index in [0.29, 0.717) is 16.7 Å². The van der Waals surface area contributed by atoms with Crippen LogP contribution in [0.25, 0.3) is 0 Å². The second-order valence-corrected chi connectivity index (χ2v) is 6.28. The summed E-state index contributed by atoms with van der Waals surface area (Å²) in [5, 5.41) is 11.1. The zero-order valence-corrected chi connectivity index (χ0v) is 13.1. The van der Waals surface area contributed by atoms with E-state index in [9.17, 15) is 5.11 Å². The molecule has 3 rings (SSSR count). The zero-order valence-electron chi connectivity index (χ0n) is 10.7. The van der Waals surface area contributed by atoms with Crippen LogP contribution in [0.3, 0.4) is 0 Å². The first kappa shape index (κ1) is 13.9. The third-order valence-corrected chi connectivity index (χ3v) is 4.09. The van der Waals surface area contributed by atoms with Crippen LogP contribution in [0.15, 0.2) is 46.9 Å². The van der Waals surface area contributed by atoms with Crippen LogP contribution in [0.5, 0.6) is 5.75 Å². The molecule has 1 aliphatic carbocycles. The van der Waals surface area contributed by atoms with Crippen molar-refractivity contribution in [2.45, 2.75) is 25.0 Å². The predicted octanol–water partition coefficient (Wildman–Crippen LogP) is 4.73. The zero-order chi connectivity index (χ0) is 14.1. The van der Waals surface area contributed by atoms with Gasteiger partial charge in [-0.1, -0.05) is 39.7 Å². The van der Waals surface area contributed by atoms with E-state index in [1.54, 1.807) is 6.07 Å². The normalized spacial score (nSPS) is 15.9. The van der Waals surface area contributed by atoms with Crippen molar-refractivity contribution < 1.29 is 9.84 Å². The van der Waals surface area contributed by atoms with Crippen molar-refractivity contribution in [1.82, 2.24) is 0 Å². The molecule has 1 N–H and O–H groups in total. The Hall–Kier alpha value is -1.03. The molecule has 104 valence electrons. The van der Waals surface area contributed by atoms with E-state index in [1.165, 1.54) is 0 Å². The van der Waals surface area contributed by atoms with Crippen LogP contribution in [-0.4, -0.2) is 11.2 Å². The monoisotopic (exact) mass is 352 g/mol. The van der Waals surface area contributed by atoms with Gasteiger partial charge in [0.05, 0.1) is 6.10 Å². The average molecular weight is 354 g/mol. The second kappa shape index (κ2) is 5.76. The van der Waals surface area contributed by atoms with Crippen molar-refractivity contribution >= 4 is 27.5 Å². The maximum atomic E-state index is 10.5. The van der Waals surface area contributed by atoms with Gasteiger partial charge in [0.25, 0.3) is 0 Å². The summed E-state index contributed by atoms with van der Waals surface area (Å²) in [7, 11) is 0. The Morgan fingerprint density at radius 2 is 2.00 bits per heavy atom. The maximum absolute atomic E-state index is 10.5. The maximum Gasteiger partial charge on any atom is 0.120 e. The van der Waals surface area contributed by atoms with E-state index in [4.69, 9.17) is 16.3 Å². The Bertz CT molecular complexity index is 626. The minimum Gasteiger partial charge on any atom is -0.490 e. The number of aliphatic hydroxyl groups excluding tert-OH is 1. The van der Waals surface area contributed by atoms with Gasteiger partial charge < -0.3 is 9.84 Å². The molecule has 1 aliphatic rings. The summed E-state index contributed by atoms with van der Waals surface area (Å²) in [4.78, 5) is 0. The minimum absolute atomic E-state index is 0.344. The lowest BCUT2D eigenvalue weighted by molar-refractivity contribution is 0.219. The van der Waals surface area contributed by atoms with Gasteiger partial charge in [-0.3, -0.25) is 0 Å². The lowest BCUT2D eigenvalue weighted by Crippen LogP contribution is -2.02. The lowest BCUT2D eigenvalue weighted by Gasteiger charge is -2.15. The fraction of sp³-hybridized carbons (Fsp3) is 0.250. The van der Waals surface area contributed by atoms with E-state index < -0.39 is 6.10 Å². The van der Waals surface area contributed by atoms with Gasteiger partial charge >= 0.3 is 0 Å². The summed E-state index contributed by atoms with van der Waals surface area (Å²) < 4.78 is 6.64. The first-order chi connectivity index (χ1) is 9.63. The third kappa shape index (κ3) is 3.17. The van der Waals surface area contributed by atoms with E-state index in [-0.39, 0.29) is 0 Å². The lowest BCUT2D eigenvalue weighted by atomic mass is 10.0. The Labute approximate surface area is 131 Å². The van der Waals surface area contributed by atoms with Gasteiger partial charge in [-0.25, -0.2) is 0 Å². The molecule has 0 spiro atoms. The number of benzene rings is 2. The van der Waals surface area contributed by atoms with E-state index in [0.717, 1.165) is 28.6 Å². The van der Waals surface area contributed by atoms with Crippen LogP contribution in [-0.2, 0) is 0 Å². The second-order valence-electron chi connectivity index (χ2n) is 4.96. The van der Waals surface area contributed by atoms with Crippen molar-refractivity contribution in [1.29, 1.82) is 0 Å². The molecule has 0 aliphatic heterocycles. The first-order valence-electron chi connectivity index (χ1n) is 6.53. The molecule has 2 aromatic carbocycles. The smallest absolute Gasteiger partial charge is 0.120 e. The number of halogens is 2. The van der Waals surface area contributed by atoms with Crippen LogP contribution in [0, 0.1) is 0 Å². The summed E-state index contributed by atoms with van der Waals surface area (Å²) in [6.45, 7) is 0. The van der Waals surface area contributed by atoms with E-state index in [2.05, 4.69) is 15.9 Å². The molecule has 1 unspecified atom stereocenters. The molecule has 2 nitrogen and oxygen atoms in total. The quantitative estimate of drug-likeness (QED) is 0.861. The summed E-state index contributed by atoms with van der Waals surface area (Å²) >= 11 is 9.56. The van der Waals surface area contributed by atoms with Crippen molar-refractivity contribution in [2.75, 3.05) is 0 Å². The molecule has 0 radical (unpaired) electrons. The average Bonchev–Trinajstić information content (AvgIpc) is 3.25. The molecule has 20 heavy (non-hydrogen) atoms. The predicted molar refractivity (Wildman–Crippen MR) is 83.3 cm³/mol. The number of hydrogen-bond donors (Lipinski definition) is 1. The molecule has 1 fully saturated rings. The van der Waals surface area contributed by atoms with Gasteiger partial charge in [0.1, 0.15) is 11.9 Å². The molecule has 4 heteroatoms. The SMILES string of the molecule is OC(c1cccc(OC2CC2)c1)c1cc(Br)ccc1Cl. The largest absolute Gasteiger partial charge is 0.490 e. The highest BCUT2D eigenvalue weighted by atomic mass is 79.9. The van der Waals surface area contributed by atoms with Gasteiger partial charge in [0, 0.05) is 15.1 Å². The fourth-order valence-corrected chi connectivity index (χ4v) is 2.64. The fourth-order valence-electron chi connectivity index (χ4n) is 2.04. The molecule has 1 saturated carbocycles. The van der Waals surface area contributed by atoms with E-state index in [1.807, 2.05) is 36.4 Å². The molecule has 0 aromatic heterocycles. The van der Waals surface area contributed by atoms with Gasteiger partial charge in [0.2, 0.25) is 0 Å². The van der Waals surface area contributed by atoms with Crippen LogP contribution in [0.2, 0.25) is 5.02 Å². The number of ether oxygens (including phenoxy) is 1. The molecule has 0 heterocycles. The van der Waals surface area contributed by atoms with Crippen LogP contribution in [0.1, 0.15) is 30.1 Å². The van der Waals surface area contributed by atoms with E-state index >= 15 is 0 Å². The van der Waals surface area contributed by atoms with Gasteiger partial charge in [-0.2, -0.15) is 0 Å². The molecule has 1 atom stereocenters. The van der Waals surface area contributed by atoms with Crippen molar-refractivity contribution in [3.05, 3.63) is 63.1 Å². The minimum atomic E-state index is -0.761. The molecule has 0 bridgehead atoms. The topological polar surface area (TPSA) is 29.5 Å². The highest BCUT2D eigenvalue weighted by Gasteiger charge is 2.24. The first-order valence-corrected chi connectivity index (χ1v) is 7.70. The van der Waals surface area contributed by atoms with Gasteiger partial charge in [-0.15, -0.1) is 0 Å². The van der Waals surface area contributed by atoms with Gasteiger partial charge in [-0.05, 0) is 48.7 Å².